The van der Waals surface area contributed by atoms with E-state index in [0.29, 0.717) is 0 Å². The van der Waals surface area contributed by atoms with Crippen molar-refractivity contribution in [1.82, 2.24) is 0 Å². The normalized spacial score (nSPS) is 10.7. The minimum atomic E-state index is -0.197. The Bertz CT molecular complexity index is 234. The van der Waals surface area contributed by atoms with Crippen molar-refractivity contribution in [2.45, 2.75) is 6.42 Å². The highest BCUT2D eigenvalue weighted by molar-refractivity contribution is 5.48. The van der Waals surface area contributed by atoms with Crippen molar-refractivity contribution in [1.29, 1.82) is 0 Å². The monoisotopic (exact) mass is 149 g/mol. The second kappa shape index (κ2) is 3.91. The van der Waals surface area contributed by atoms with Crippen LogP contribution in [0.25, 0.3) is 6.08 Å². The van der Waals surface area contributed by atoms with Gasteiger partial charge in [-0.05, 0) is 31.0 Å². The topological polar surface area (TPSA) is 0 Å². The van der Waals surface area contributed by atoms with Crippen molar-refractivity contribution in [2.24, 2.45) is 0 Å². The van der Waals surface area contributed by atoms with E-state index in [4.69, 9.17) is 0 Å². The summed E-state index contributed by atoms with van der Waals surface area (Å²) in [7, 11) is 0. The van der Waals surface area contributed by atoms with Gasteiger partial charge in [0.05, 0.1) is 0 Å². The van der Waals surface area contributed by atoms with Gasteiger partial charge in [0.2, 0.25) is 0 Å². The number of hydrogen-bond acceptors (Lipinski definition) is 0. The summed E-state index contributed by atoms with van der Waals surface area (Å²) < 4.78 is 12.4. The van der Waals surface area contributed by atoms with E-state index in [1.165, 1.54) is 12.1 Å². The van der Waals surface area contributed by atoms with E-state index < -0.39 is 0 Å². The molecule has 1 rings (SSSR count). The highest BCUT2D eigenvalue weighted by Crippen LogP contribution is 2.04. The Morgan fingerprint density at radius 2 is 1.91 bits per heavy atom. The van der Waals surface area contributed by atoms with Gasteiger partial charge in [-0.3, -0.25) is 0 Å². The second-order valence-electron chi connectivity index (χ2n) is 2.24. The van der Waals surface area contributed by atoms with E-state index in [2.05, 4.69) is 6.92 Å². The zero-order valence-corrected chi connectivity index (χ0v) is 6.26. The van der Waals surface area contributed by atoms with E-state index in [0.717, 1.165) is 12.0 Å². The zero-order valence-electron chi connectivity index (χ0n) is 6.26. The van der Waals surface area contributed by atoms with Crippen LogP contribution in [0.3, 0.4) is 0 Å². The minimum Gasteiger partial charge on any atom is -0.207 e. The van der Waals surface area contributed by atoms with Crippen molar-refractivity contribution in [3.05, 3.63) is 48.6 Å². The molecule has 0 bridgehead atoms. The predicted octanol–water partition coefficient (Wildman–Crippen LogP) is 3.06. The van der Waals surface area contributed by atoms with Gasteiger partial charge in [0.25, 0.3) is 0 Å². The lowest BCUT2D eigenvalue weighted by molar-refractivity contribution is 0.628. The van der Waals surface area contributed by atoms with E-state index >= 15 is 0 Å². The Kier molecular flexibility index (Phi) is 2.84. The first kappa shape index (κ1) is 7.99. The number of halogens is 1. The summed E-state index contributed by atoms with van der Waals surface area (Å²) in [6.45, 7) is 3.66. The molecule has 0 aliphatic carbocycles. The van der Waals surface area contributed by atoms with Crippen LogP contribution in [0.1, 0.15) is 12.0 Å². The molecular weight excluding hydrogens is 139 g/mol. The Hall–Kier alpha value is -1.11. The lowest BCUT2D eigenvalue weighted by Gasteiger charge is -1.90. The predicted molar refractivity (Wildman–Crippen MR) is 45.4 cm³/mol. The molecule has 0 unspecified atom stereocenters. The van der Waals surface area contributed by atoms with Gasteiger partial charge in [0, 0.05) is 0 Å². The molecule has 1 aromatic rings. The Morgan fingerprint density at radius 1 is 1.27 bits per heavy atom. The van der Waals surface area contributed by atoms with Crippen LogP contribution in [-0.2, 0) is 0 Å². The standard InChI is InChI=1S/C10H10F/c1-2-3-4-9-5-7-10(11)8-6-9/h3-8H,1-2H2. The molecule has 1 aromatic carbocycles. The molecule has 0 aliphatic heterocycles. The van der Waals surface area contributed by atoms with Gasteiger partial charge in [-0.15, -0.1) is 0 Å². The fourth-order valence-corrected chi connectivity index (χ4v) is 0.793. The molecule has 0 aromatic heterocycles. The summed E-state index contributed by atoms with van der Waals surface area (Å²) in [5.74, 6) is -0.197. The maximum Gasteiger partial charge on any atom is 0.123 e. The molecule has 11 heavy (non-hydrogen) atoms. The van der Waals surface area contributed by atoms with Crippen molar-refractivity contribution in [3.8, 4) is 0 Å². The highest BCUT2D eigenvalue weighted by atomic mass is 19.1. The highest BCUT2D eigenvalue weighted by Gasteiger charge is 1.86. The molecule has 0 amide bonds. The second-order valence-corrected chi connectivity index (χ2v) is 2.24. The van der Waals surface area contributed by atoms with Crippen LogP contribution in [0, 0.1) is 12.7 Å². The molecule has 0 saturated heterocycles. The van der Waals surface area contributed by atoms with Gasteiger partial charge in [-0.2, -0.15) is 0 Å². The summed E-state index contributed by atoms with van der Waals surface area (Å²) in [5, 5.41) is 0. The Balaban J connectivity index is 2.73. The summed E-state index contributed by atoms with van der Waals surface area (Å²) >= 11 is 0. The minimum absolute atomic E-state index is 0.197. The van der Waals surface area contributed by atoms with Gasteiger partial charge in [-0.25, -0.2) is 4.39 Å². The third kappa shape index (κ3) is 2.54. The van der Waals surface area contributed by atoms with Crippen LogP contribution in [0.4, 0.5) is 4.39 Å². The SMILES string of the molecule is [CH2]CC=Cc1ccc(F)cc1. The van der Waals surface area contributed by atoms with Gasteiger partial charge in [0.1, 0.15) is 5.82 Å². The summed E-state index contributed by atoms with van der Waals surface area (Å²) in [6, 6.07) is 6.37. The van der Waals surface area contributed by atoms with Crippen LogP contribution in [0.5, 0.6) is 0 Å². The van der Waals surface area contributed by atoms with Crippen LogP contribution in [0.2, 0.25) is 0 Å². The van der Waals surface area contributed by atoms with Crippen molar-refractivity contribution in [2.75, 3.05) is 0 Å². The largest absolute Gasteiger partial charge is 0.207 e. The molecule has 0 heterocycles. The third-order valence-corrected chi connectivity index (χ3v) is 1.35. The molecule has 0 saturated carbocycles. The van der Waals surface area contributed by atoms with Crippen molar-refractivity contribution >= 4 is 6.08 Å². The Labute approximate surface area is 66.4 Å². The maximum absolute atomic E-state index is 12.4. The molecule has 1 radical (unpaired) electrons. The van der Waals surface area contributed by atoms with Crippen molar-refractivity contribution < 1.29 is 4.39 Å². The molecule has 0 N–H and O–H groups in total. The molecule has 0 nitrogen and oxygen atoms in total. The van der Waals surface area contributed by atoms with Crippen LogP contribution < -0.4 is 0 Å². The van der Waals surface area contributed by atoms with Crippen LogP contribution >= 0.6 is 0 Å². The quantitative estimate of drug-likeness (QED) is 0.606. The number of hydrogen-bond donors (Lipinski definition) is 0. The fraction of sp³-hybridized carbons (Fsp3) is 0.100. The first-order chi connectivity index (χ1) is 5.33. The smallest absolute Gasteiger partial charge is 0.123 e. The summed E-state index contributed by atoms with van der Waals surface area (Å²) in [4.78, 5) is 0. The molecule has 57 valence electrons. The van der Waals surface area contributed by atoms with Gasteiger partial charge in [0.15, 0.2) is 0 Å². The summed E-state index contributed by atoms with van der Waals surface area (Å²) in [6.07, 6.45) is 4.62. The molecule has 1 heteroatoms. The molecule has 0 fully saturated rings. The Morgan fingerprint density at radius 3 is 2.45 bits per heavy atom. The third-order valence-electron chi connectivity index (χ3n) is 1.35. The van der Waals surface area contributed by atoms with Crippen molar-refractivity contribution in [3.63, 3.8) is 0 Å². The van der Waals surface area contributed by atoms with E-state index in [1.54, 1.807) is 12.1 Å². The fourth-order valence-electron chi connectivity index (χ4n) is 0.793. The van der Waals surface area contributed by atoms with E-state index in [1.807, 2.05) is 12.2 Å². The number of allylic oxidation sites excluding steroid dienone is 1. The average Bonchev–Trinajstić information content (AvgIpc) is 2.04. The molecule has 0 aliphatic rings. The molecule has 0 atom stereocenters. The van der Waals surface area contributed by atoms with Gasteiger partial charge < -0.3 is 0 Å². The van der Waals surface area contributed by atoms with E-state index in [-0.39, 0.29) is 5.82 Å². The van der Waals surface area contributed by atoms with Gasteiger partial charge in [-0.1, -0.05) is 24.3 Å². The van der Waals surface area contributed by atoms with E-state index in [9.17, 15) is 4.39 Å². The van der Waals surface area contributed by atoms with Crippen LogP contribution in [-0.4, -0.2) is 0 Å². The molecule has 0 spiro atoms. The summed E-state index contributed by atoms with van der Waals surface area (Å²) in [5.41, 5.74) is 1.01. The lowest BCUT2D eigenvalue weighted by Crippen LogP contribution is -1.73. The first-order valence-electron chi connectivity index (χ1n) is 3.54. The maximum atomic E-state index is 12.4. The number of benzene rings is 1. The van der Waals surface area contributed by atoms with Crippen LogP contribution in [0.15, 0.2) is 30.3 Å². The zero-order chi connectivity index (χ0) is 8.10. The first-order valence-corrected chi connectivity index (χ1v) is 3.54. The molecular formula is C10H10F. The van der Waals surface area contributed by atoms with Gasteiger partial charge >= 0.3 is 0 Å². The lowest BCUT2D eigenvalue weighted by atomic mass is 10.2. The number of rotatable bonds is 2. The average molecular weight is 149 g/mol.